The van der Waals surface area contributed by atoms with Crippen LogP contribution in [0, 0.1) is 17.8 Å². The van der Waals surface area contributed by atoms with Gasteiger partial charge < -0.3 is 16.4 Å². The second-order valence-corrected chi connectivity index (χ2v) is 4.97. The van der Waals surface area contributed by atoms with Crippen molar-refractivity contribution in [1.82, 2.24) is 10.6 Å². The molecule has 0 fully saturated rings. The Kier molecular flexibility index (Phi) is 6.99. The minimum Gasteiger partial charge on any atom is -0.354 e. The van der Waals surface area contributed by atoms with Gasteiger partial charge in [-0.1, -0.05) is 31.8 Å². The summed E-state index contributed by atoms with van der Waals surface area (Å²) in [6, 6.07) is 6.89. The van der Waals surface area contributed by atoms with Gasteiger partial charge in [0, 0.05) is 17.7 Å². The normalized spacial score (nSPS) is 9.71. The van der Waals surface area contributed by atoms with Crippen molar-refractivity contribution in [3.8, 4) is 11.8 Å². The Hall–Kier alpha value is -2.32. The van der Waals surface area contributed by atoms with Crippen LogP contribution in [0.1, 0.15) is 29.8 Å². The number of benzene rings is 1. The van der Waals surface area contributed by atoms with Crippen LogP contribution in [0.2, 0.25) is 0 Å². The number of hydrogen-bond donors (Lipinski definition) is 3. The molecular formula is C16H21N3O2. The molecule has 0 heterocycles. The fraction of sp³-hybridized carbons (Fsp3) is 0.375. The van der Waals surface area contributed by atoms with Crippen molar-refractivity contribution in [3.05, 3.63) is 35.4 Å². The summed E-state index contributed by atoms with van der Waals surface area (Å²) in [7, 11) is 0. The monoisotopic (exact) mass is 287 g/mol. The molecule has 1 rings (SSSR count). The molecule has 1 aromatic rings. The van der Waals surface area contributed by atoms with Gasteiger partial charge >= 0.3 is 0 Å². The van der Waals surface area contributed by atoms with E-state index in [-0.39, 0.29) is 24.9 Å². The van der Waals surface area contributed by atoms with E-state index in [9.17, 15) is 9.59 Å². The smallest absolute Gasteiger partial charge is 0.251 e. The number of nitrogens with two attached hydrogens (primary N) is 1. The van der Waals surface area contributed by atoms with Crippen molar-refractivity contribution >= 4 is 11.8 Å². The summed E-state index contributed by atoms with van der Waals surface area (Å²) in [6.45, 7) is 4.84. The summed E-state index contributed by atoms with van der Waals surface area (Å²) < 4.78 is 0. The molecular weight excluding hydrogens is 266 g/mol. The summed E-state index contributed by atoms with van der Waals surface area (Å²) in [5.41, 5.74) is 6.50. The van der Waals surface area contributed by atoms with Gasteiger partial charge in [0.15, 0.2) is 0 Å². The molecule has 4 N–H and O–H groups in total. The lowest BCUT2D eigenvalue weighted by Crippen LogP contribution is -2.38. The third-order valence-corrected chi connectivity index (χ3v) is 2.58. The first-order valence-electron chi connectivity index (χ1n) is 6.87. The molecule has 0 unspecified atom stereocenters. The van der Waals surface area contributed by atoms with E-state index in [1.807, 2.05) is 13.8 Å². The first-order chi connectivity index (χ1) is 10.0. The number of rotatable bonds is 5. The second kappa shape index (κ2) is 8.77. The van der Waals surface area contributed by atoms with Gasteiger partial charge in [-0.05, 0) is 24.1 Å². The van der Waals surface area contributed by atoms with Gasteiger partial charge in [-0.2, -0.15) is 0 Å². The van der Waals surface area contributed by atoms with Crippen molar-refractivity contribution in [2.75, 3.05) is 19.6 Å². The van der Waals surface area contributed by atoms with Crippen LogP contribution >= 0.6 is 0 Å². The van der Waals surface area contributed by atoms with Crippen LogP contribution in [0.15, 0.2) is 24.3 Å². The van der Waals surface area contributed by atoms with Crippen LogP contribution in [0.5, 0.6) is 0 Å². The Balaban J connectivity index is 2.54. The van der Waals surface area contributed by atoms with Crippen LogP contribution in [0.25, 0.3) is 0 Å². The number of carbonyl (C=O) groups excluding carboxylic acids is 2. The van der Waals surface area contributed by atoms with Gasteiger partial charge in [-0.25, -0.2) is 0 Å². The van der Waals surface area contributed by atoms with E-state index >= 15 is 0 Å². The molecule has 2 amide bonds. The lowest BCUT2D eigenvalue weighted by Gasteiger charge is -2.08. The fourth-order valence-electron chi connectivity index (χ4n) is 1.53. The predicted octanol–water partition coefficient (Wildman–Crippen LogP) is 0.499. The maximum absolute atomic E-state index is 11.9. The van der Waals surface area contributed by atoms with Gasteiger partial charge in [0.2, 0.25) is 5.91 Å². The van der Waals surface area contributed by atoms with E-state index < -0.39 is 0 Å². The van der Waals surface area contributed by atoms with Crippen LogP contribution in [-0.4, -0.2) is 31.4 Å². The molecule has 0 atom stereocenters. The zero-order valence-corrected chi connectivity index (χ0v) is 12.4. The van der Waals surface area contributed by atoms with Crippen molar-refractivity contribution in [2.24, 2.45) is 11.7 Å². The zero-order chi connectivity index (χ0) is 15.7. The highest BCUT2D eigenvalue weighted by Gasteiger charge is 2.08. The number of hydrogen-bond acceptors (Lipinski definition) is 3. The summed E-state index contributed by atoms with van der Waals surface area (Å²) in [5.74, 6) is 5.47. The Bertz CT molecular complexity index is 556. The quantitative estimate of drug-likeness (QED) is 0.689. The van der Waals surface area contributed by atoms with Crippen molar-refractivity contribution in [1.29, 1.82) is 0 Å². The third kappa shape index (κ3) is 6.59. The highest BCUT2D eigenvalue weighted by molar-refractivity contribution is 5.96. The molecule has 0 aliphatic rings. The largest absolute Gasteiger partial charge is 0.354 e. The van der Waals surface area contributed by atoms with Gasteiger partial charge in [0.1, 0.15) is 0 Å². The lowest BCUT2D eigenvalue weighted by molar-refractivity contribution is -0.120. The standard InChI is InChI=1S/C16H21N3O2/c1-12(2)10-18-15(20)11-19-16(21)14-7-3-5-13(9-14)6-4-8-17/h3,5,7,9,12H,8,10-11,17H2,1-2H3,(H,18,20)(H,19,21). The van der Waals surface area contributed by atoms with Gasteiger partial charge in [-0.3, -0.25) is 9.59 Å². The third-order valence-electron chi connectivity index (χ3n) is 2.58. The van der Waals surface area contributed by atoms with Crippen molar-refractivity contribution < 1.29 is 9.59 Å². The van der Waals surface area contributed by atoms with Crippen LogP contribution in [-0.2, 0) is 4.79 Å². The average Bonchev–Trinajstić information content (AvgIpc) is 2.48. The molecule has 0 radical (unpaired) electrons. The Labute approximate surface area is 125 Å². The first kappa shape index (κ1) is 16.7. The zero-order valence-electron chi connectivity index (χ0n) is 12.4. The van der Waals surface area contributed by atoms with Crippen molar-refractivity contribution in [3.63, 3.8) is 0 Å². The molecule has 5 nitrogen and oxygen atoms in total. The van der Waals surface area contributed by atoms with Gasteiger partial charge in [0.25, 0.3) is 5.91 Å². The Morgan fingerprint density at radius 1 is 1.29 bits per heavy atom. The molecule has 112 valence electrons. The summed E-state index contributed by atoms with van der Waals surface area (Å²) >= 11 is 0. The minimum absolute atomic E-state index is 0.0374. The number of amides is 2. The topological polar surface area (TPSA) is 84.2 Å². The Morgan fingerprint density at radius 3 is 2.71 bits per heavy atom. The summed E-state index contributed by atoms with van der Waals surface area (Å²) in [4.78, 5) is 23.5. The molecule has 0 aliphatic carbocycles. The van der Waals surface area contributed by atoms with E-state index in [4.69, 9.17) is 5.73 Å². The summed E-state index contributed by atoms with van der Waals surface area (Å²) in [6.07, 6.45) is 0. The van der Waals surface area contributed by atoms with Gasteiger partial charge in [0.05, 0.1) is 13.1 Å². The van der Waals surface area contributed by atoms with E-state index in [0.717, 1.165) is 5.56 Å². The maximum Gasteiger partial charge on any atom is 0.251 e. The molecule has 0 saturated carbocycles. The average molecular weight is 287 g/mol. The first-order valence-corrected chi connectivity index (χ1v) is 6.87. The fourth-order valence-corrected chi connectivity index (χ4v) is 1.53. The van der Waals surface area contributed by atoms with Gasteiger partial charge in [-0.15, -0.1) is 0 Å². The molecule has 5 heteroatoms. The van der Waals surface area contributed by atoms with E-state index in [2.05, 4.69) is 22.5 Å². The van der Waals surface area contributed by atoms with Crippen LogP contribution in [0.3, 0.4) is 0 Å². The van der Waals surface area contributed by atoms with E-state index in [0.29, 0.717) is 18.0 Å². The SMILES string of the molecule is CC(C)CNC(=O)CNC(=O)c1cccc(C#CCN)c1. The van der Waals surface area contributed by atoms with E-state index in [1.54, 1.807) is 24.3 Å². The minimum atomic E-state index is -0.300. The summed E-state index contributed by atoms with van der Waals surface area (Å²) in [5, 5.41) is 5.32. The maximum atomic E-state index is 11.9. The highest BCUT2D eigenvalue weighted by Crippen LogP contribution is 2.03. The highest BCUT2D eigenvalue weighted by atomic mass is 16.2. The predicted molar refractivity (Wildman–Crippen MR) is 82.6 cm³/mol. The molecule has 0 bridgehead atoms. The van der Waals surface area contributed by atoms with Crippen LogP contribution < -0.4 is 16.4 Å². The number of carbonyl (C=O) groups is 2. The lowest BCUT2D eigenvalue weighted by atomic mass is 10.1. The molecule has 0 aliphatic heterocycles. The second-order valence-electron chi connectivity index (χ2n) is 4.97. The molecule has 0 spiro atoms. The molecule has 0 saturated heterocycles. The molecule has 0 aromatic heterocycles. The molecule has 1 aromatic carbocycles. The van der Waals surface area contributed by atoms with Crippen molar-refractivity contribution in [2.45, 2.75) is 13.8 Å². The number of nitrogens with one attached hydrogen (secondary N) is 2. The van der Waals surface area contributed by atoms with Crippen LogP contribution in [0.4, 0.5) is 0 Å². The van der Waals surface area contributed by atoms with E-state index in [1.165, 1.54) is 0 Å². The Morgan fingerprint density at radius 2 is 2.05 bits per heavy atom. The molecule has 21 heavy (non-hydrogen) atoms.